The maximum absolute atomic E-state index is 12.5. The molecule has 0 saturated heterocycles. The van der Waals surface area contributed by atoms with Crippen LogP contribution in [0.15, 0.2) is 18.2 Å². The van der Waals surface area contributed by atoms with Crippen LogP contribution in [-0.4, -0.2) is 20.9 Å². The predicted octanol–water partition coefficient (Wildman–Crippen LogP) is 4.54. The summed E-state index contributed by atoms with van der Waals surface area (Å²) >= 11 is -0.638. The molecule has 1 unspecified atom stereocenters. The molecular weight excluding hydrogens is 374 g/mol. The molecule has 0 spiro atoms. The second-order valence-electron chi connectivity index (χ2n) is 3.72. The fraction of sp³-hybridized carbons (Fsp3) is 0.455. The summed E-state index contributed by atoms with van der Waals surface area (Å²) in [6.45, 7) is 1.65. The summed E-state index contributed by atoms with van der Waals surface area (Å²) in [6, 6.07) is 1.79. The van der Waals surface area contributed by atoms with E-state index in [-0.39, 0.29) is 15.6 Å². The molecule has 1 aromatic carbocycles. The Bertz CT molecular complexity index is 388. The van der Waals surface area contributed by atoms with Gasteiger partial charge in [0.1, 0.15) is 0 Å². The van der Waals surface area contributed by atoms with Gasteiger partial charge in [-0.05, 0) is 0 Å². The van der Waals surface area contributed by atoms with Crippen molar-refractivity contribution >= 4 is 20.9 Å². The molecule has 1 aromatic rings. The molecule has 0 aromatic heterocycles. The molecule has 7 heteroatoms. The van der Waals surface area contributed by atoms with Crippen molar-refractivity contribution in [2.24, 2.45) is 0 Å². The number of hydrogen-bond donors (Lipinski definition) is 0. The van der Waals surface area contributed by atoms with E-state index in [1.165, 1.54) is 0 Å². The normalized spacial score (nSPS) is 14.7. The third kappa shape index (κ3) is 3.79. The van der Waals surface area contributed by atoms with E-state index in [9.17, 15) is 26.3 Å². The fourth-order valence-electron chi connectivity index (χ4n) is 1.35. The zero-order valence-electron chi connectivity index (χ0n) is 9.49. The van der Waals surface area contributed by atoms with Crippen LogP contribution in [0.3, 0.4) is 0 Å². The predicted molar refractivity (Wildman–Crippen MR) is 56.5 cm³/mol. The van der Waals surface area contributed by atoms with Crippen LogP contribution in [-0.2, 0) is 12.4 Å². The Morgan fingerprint density at radius 1 is 0.889 bits per heavy atom. The van der Waals surface area contributed by atoms with E-state index in [0.29, 0.717) is 0 Å². The standard InChI is InChI=1S/C11H10F6Te/c1-6(18-2)7-3-8(10(12,13)14)5-9(4-7)11(15,16)17/h3-6H,1-2H3. The molecule has 0 aliphatic rings. The second kappa shape index (κ2) is 5.30. The van der Waals surface area contributed by atoms with Crippen molar-refractivity contribution in [3.63, 3.8) is 0 Å². The first kappa shape index (κ1) is 15.6. The monoisotopic (exact) mass is 386 g/mol. The topological polar surface area (TPSA) is 0 Å². The molecule has 102 valence electrons. The van der Waals surface area contributed by atoms with E-state index >= 15 is 0 Å². The number of hydrogen-bond acceptors (Lipinski definition) is 0. The van der Waals surface area contributed by atoms with Crippen LogP contribution >= 0.6 is 0 Å². The van der Waals surface area contributed by atoms with E-state index in [1.807, 2.05) is 4.97 Å². The summed E-state index contributed by atoms with van der Waals surface area (Å²) in [5.74, 6) is 0. The Balaban J connectivity index is 3.39. The SMILES string of the molecule is C[Te]C(C)c1cc(C(F)(F)F)cc(C(F)(F)F)c1. The van der Waals surface area contributed by atoms with Crippen LogP contribution in [0.1, 0.15) is 27.6 Å². The molecule has 0 amide bonds. The van der Waals surface area contributed by atoms with Crippen LogP contribution in [0.2, 0.25) is 4.97 Å². The fourth-order valence-corrected chi connectivity index (χ4v) is 2.51. The van der Waals surface area contributed by atoms with Gasteiger partial charge >= 0.3 is 110 Å². The molecule has 0 heterocycles. The van der Waals surface area contributed by atoms with Crippen molar-refractivity contribution in [1.29, 1.82) is 0 Å². The maximum atomic E-state index is 12.5. The Hall–Kier alpha value is -0.410. The van der Waals surface area contributed by atoms with Gasteiger partial charge in [0.05, 0.1) is 0 Å². The zero-order chi connectivity index (χ0) is 14.1. The average Bonchev–Trinajstić information content (AvgIpc) is 2.25. The Labute approximate surface area is 110 Å². The van der Waals surface area contributed by atoms with Crippen LogP contribution in [0, 0.1) is 0 Å². The molecule has 1 rings (SSSR count). The van der Waals surface area contributed by atoms with Gasteiger partial charge in [-0.3, -0.25) is 0 Å². The van der Waals surface area contributed by atoms with Crippen LogP contribution in [0.5, 0.6) is 0 Å². The molecule has 0 nitrogen and oxygen atoms in total. The molecule has 0 N–H and O–H groups in total. The van der Waals surface area contributed by atoms with Gasteiger partial charge in [-0.25, -0.2) is 0 Å². The van der Waals surface area contributed by atoms with Crippen LogP contribution in [0.25, 0.3) is 0 Å². The Morgan fingerprint density at radius 2 is 1.28 bits per heavy atom. The quantitative estimate of drug-likeness (QED) is 0.519. The van der Waals surface area contributed by atoms with Crippen molar-refractivity contribution in [1.82, 2.24) is 0 Å². The van der Waals surface area contributed by atoms with Crippen molar-refractivity contribution in [3.8, 4) is 0 Å². The minimum atomic E-state index is -4.76. The Kier molecular flexibility index (Phi) is 4.60. The molecule has 0 radical (unpaired) electrons. The Morgan fingerprint density at radius 3 is 1.56 bits per heavy atom. The van der Waals surface area contributed by atoms with Gasteiger partial charge in [0.25, 0.3) is 0 Å². The summed E-state index contributed by atoms with van der Waals surface area (Å²) in [5.41, 5.74) is -2.36. The molecular formula is C11H10F6Te. The summed E-state index contributed by atoms with van der Waals surface area (Å²) < 4.78 is 75.1. The van der Waals surface area contributed by atoms with E-state index < -0.39 is 44.4 Å². The van der Waals surface area contributed by atoms with Crippen molar-refractivity contribution in [2.75, 3.05) is 0 Å². The molecule has 0 aliphatic carbocycles. The van der Waals surface area contributed by atoms with Gasteiger partial charge in [-0.2, -0.15) is 0 Å². The molecule has 0 saturated carbocycles. The first-order chi connectivity index (χ1) is 8.05. The van der Waals surface area contributed by atoms with Crippen molar-refractivity contribution in [3.05, 3.63) is 34.9 Å². The van der Waals surface area contributed by atoms with Crippen LogP contribution in [0.4, 0.5) is 26.3 Å². The van der Waals surface area contributed by atoms with Crippen molar-refractivity contribution in [2.45, 2.75) is 28.2 Å². The van der Waals surface area contributed by atoms with Gasteiger partial charge in [0.15, 0.2) is 0 Å². The molecule has 0 bridgehead atoms. The summed E-state index contributed by atoms with van der Waals surface area (Å²) in [5, 5.41) is 0. The van der Waals surface area contributed by atoms with E-state index in [1.54, 1.807) is 6.92 Å². The third-order valence-electron chi connectivity index (χ3n) is 2.43. The molecule has 0 fully saturated rings. The van der Waals surface area contributed by atoms with Gasteiger partial charge in [0, 0.05) is 0 Å². The van der Waals surface area contributed by atoms with Gasteiger partial charge < -0.3 is 0 Å². The minimum absolute atomic E-state index is 0.113. The van der Waals surface area contributed by atoms with E-state index in [2.05, 4.69) is 0 Å². The summed E-state index contributed by atoms with van der Waals surface area (Å²) in [7, 11) is 0. The second-order valence-corrected chi connectivity index (χ2v) is 7.08. The number of rotatable bonds is 2. The van der Waals surface area contributed by atoms with Gasteiger partial charge in [-0.15, -0.1) is 0 Å². The van der Waals surface area contributed by atoms with E-state index in [0.717, 1.165) is 12.1 Å². The molecule has 0 aliphatic heterocycles. The third-order valence-corrected chi connectivity index (χ3v) is 5.23. The van der Waals surface area contributed by atoms with Gasteiger partial charge in [-0.1, -0.05) is 0 Å². The van der Waals surface area contributed by atoms with Crippen LogP contribution < -0.4 is 0 Å². The summed E-state index contributed by atoms with van der Waals surface area (Å²) in [4.78, 5) is 1.84. The summed E-state index contributed by atoms with van der Waals surface area (Å²) in [6.07, 6.45) is -9.52. The van der Waals surface area contributed by atoms with E-state index in [4.69, 9.17) is 0 Å². The first-order valence-electron chi connectivity index (χ1n) is 4.88. The number of halogens is 6. The molecule has 1 atom stereocenters. The zero-order valence-corrected chi connectivity index (χ0v) is 11.8. The average molecular weight is 384 g/mol. The number of alkyl halides is 6. The van der Waals surface area contributed by atoms with Crippen molar-refractivity contribution < 1.29 is 26.3 Å². The van der Waals surface area contributed by atoms with Gasteiger partial charge in [0.2, 0.25) is 0 Å². The molecule has 18 heavy (non-hydrogen) atoms. The first-order valence-corrected chi connectivity index (χ1v) is 8.55. The number of benzene rings is 1.